The molecule has 2 aromatic rings. The van der Waals surface area contributed by atoms with E-state index in [1.165, 1.54) is 5.39 Å². The molecule has 0 saturated heterocycles. The number of carbonyl (C=O) groups is 1. The van der Waals surface area contributed by atoms with Gasteiger partial charge in [-0.3, -0.25) is 4.79 Å². The maximum Gasteiger partial charge on any atom is 0.323 e. The average molecular weight is 243 g/mol. The SMILES string of the molecule is CCOC(=O)[C@@H](N)Cc1ccc2ccccc2c1. The van der Waals surface area contributed by atoms with Crippen LogP contribution in [0.3, 0.4) is 0 Å². The van der Waals surface area contributed by atoms with Crippen LogP contribution in [0.25, 0.3) is 10.8 Å². The van der Waals surface area contributed by atoms with E-state index < -0.39 is 6.04 Å². The zero-order valence-electron chi connectivity index (χ0n) is 10.4. The monoisotopic (exact) mass is 243 g/mol. The number of hydrogen-bond donors (Lipinski definition) is 1. The number of benzene rings is 2. The Bertz CT molecular complexity index is 551. The molecule has 2 rings (SSSR count). The molecule has 2 aromatic carbocycles. The summed E-state index contributed by atoms with van der Waals surface area (Å²) in [6.07, 6.45) is 0.504. The molecule has 0 radical (unpaired) electrons. The molecule has 0 spiro atoms. The summed E-state index contributed by atoms with van der Waals surface area (Å²) < 4.78 is 4.90. The first-order valence-corrected chi connectivity index (χ1v) is 6.10. The van der Waals surface area contributed by atoms with Crippen LogP contribution in [0.2, 0.25) is 0 Å². The van der Waals surface area contributed by atoms with Gasteiger partial charge >= 0.3 is 5.97 Å². The molecule has 0 aliphatic heterocycles. The van der Waals surface area contributed by atoms with Crippen LogP contribution in [0, 0.1) is 0 Å². The smallest absolute Gasteiger partial charge is 0.323 e. The minimum atomic E-state index is -0.592. The molecule has 0 bridgehead atoms. The molecule has 0 fully saturated rings. The van der Waals surface area contributed by atoms with Gasteiger partial charge in [-0.05, 0) is 29.7 Å². The third kappa shape index (κ3) is 2.87. The summed E-state index contributed by atoms with van der Waals surface area (Å²) in [5.74, 6) is -0.342. The first-order valence-electron chi connectivity index (χ1n) is 6.10. The van der Waals surface area contributed by atoms with Crippen molar-refractivity contribution in [2.75, 3.05) is 6.61 Å². The molecular weight excluding hydrogens is 226 g/mol. The highest BCUT2D eigenvalue weighted by Crippen LogP contribution is 2.16. The number of esters is 1. The van der Waals surface area contributed by atoms with Crippen molar-refractivity contribution in [2.24, 2.45) is 5.73 Å². The van der Waals surface area contributed by atoms with Crippen LogP contribution in [-0.4, -0.2) is 18.6 Å². The van der Waals surface area contributed by atoms with Crippen molar-refractivity contribution < 1.29 is 9.53 Å². The second-order valence-corrected chi connectivity index (χ2v) is 4.24. The predicted molar refractivity (Wildman–Crippen MR) is 72.3 cm³/mol. The summed E-state index contributed by atoms with van der Waals surface area (Å²) in [7, 11) is 0. The largest absolute Gasteiger partial charge is 0.465 e. The highest BCUT2D eigenvalue weighted by molar-refractivity contribution is 5.83. The maximum atomic E-state index is 11.5. The lowest BCUT2D eigenvalue weighted by Crippen LogP contribution is -2.34. The van der Waals surface area contributed by atoms with Crippen molar-refractivity contribution in [3.63, 3.8) is 0 Å². The van der Waals surface area contributed by atoms with Gasteiger partial charge in [-0.2, -0.15) is 0 Å². The number of hydrogen-bond acceptors (Lipinski definition) is 3. The van der Waals surface area contributed by atoms with Gasteiger partial charge < -0.3 is 10.5 Å². The molecule has 94 valence electrons. The third-order valence-electron chi connectivity index (χ3n) is 2.86. The van der Waals surface area contributed by atoms with E-state index in [-0.39, 0.29) is 5.97 Å². The Hall–Kier alpha value is -1.87. The van der Waals surface area contributed by atoms with Crippen LogP contribution in [0.15, 0.2) is 42.5 Å². The van der Waals surface area contributed by atoms with Crippen molar-refractivity contribution in [1.29, 1.82) is 0 Å². The fourth-order valence-electron chi connectivity index (χ4n) is 1.95. The summed E-state index contributed by atoms with van der Waals surface area (Å²) in [6, 6.07) is 13.6. The summed E-state index contributed by atoms with van der Waals surface area (Å²) >= 11 is 0. The Kier molecular flexibility index (Phi) is 3.95. The highest BCUT2D eigenvalue weighted by atomic mass is 16.5. The van der Waals surface area contributed by atoms with Gasteiger partial charge in [-0.1, -0.05) is 42.5 Å². The van der Waals surface area contributed by atoms with E-state index in [2.05, 4.69) is 18.2 Å². The molecule has 0 aliphatic carbocycles. The highest BCUT2D eigenvalue weighted by Gasteiger charge is 2.14. The summed E-state index contributed by atoms with van der Waals surface area (Å²) in [4.78, 5) is 11.5. The second kappa shape index (κ2) is 5.65. The van der Waals surface area contributed by atoms with Crippen LogP contribution in [0.5, 0.6) is 0 Å². The van der Waals surface area contributed by atoms with Crippen LogP contribution in [0.1, 0.15) is 12.5 Å². The van der Waals surface area contributed by atoms with Crippen molar-refractivity contribution in [3.05, 3.63) is 48.0 Å². The Morgan fingerprint density at radius 2 is 1.94 bits per heavy atom. The van der Waals surface area contributed by atoms with Gasteiger partial charge in [-0.15, -0.1) is 0 Å². The summed E-state index contributed by atoms with van der Waals surface area (Å²) in [6.45, 7) is 2.14. The molecule has 3 nitrogen and oxygen atoms in total. The molecule has 3 heteroatoms. The molecule has 0 unspecified atom stereocenters. The Labute approximate surface area is 107 Å². The van der Waals surface area contributed by atoms with Crippen LogP contribution in [0.4, 0.5) is 0 Å². The Balaban J connectivity index is 2.14. The first-order chi connectivity index (χ1) is 8.70. The lowest BCUT2D eigenvalue weighted by atomic mass is 10.0. The number of ether oxygens (including phenoxy) is 1. The molecule has 0 aliphatic rings. The third-order valence-corrected chi connectivity index (χ3v) is 2.86. The van der Waals surface area contributed by atoms with Gasteiger partial charge in [0.25, 0.3) is 0 Å². The van der Waals surface area contributed by atoms with Gasteiger partial charge in [0, 0.05) is 0 Å². The zero-order valence-corrected chi connectivity index (χ0v) is 10.4. The van der Waals surface area contributed by atoms with Crippen molar-refractivity contribution in [2.45, 2.75) is 19.4 Å². The quantitative estimate of drug-likeness (QED) is 0.838. The summed E-state index contributed by atoms with van der Waals surface area (Å²) in [5, 5.41) is 2.34. The van der Waals surface area contributed by atoms with Crippen LogP contribution < -0.4 is 5.73 Å². The number of nitrogens with two attached hydrogens (primary N) is 1. The van der Waals surface area contributed by atoms with Gasteiger partial charge in [0.1, 0.15) is 6.04 Å². The van der Waals surface area contributed by atoms with Crippen molar-refractivity contribution in [3.8, 4) is 0 Å². The molecular formula is C15H17NO2. The predicted octanol–water partition coefficient (Wildman–Crippen LogP) is 2.27. The molecule has 0 aromatic heterocycles. The van der Waals surface area contributed by atoms with E-state index in [0.29, 0.717) is 13.0 Å². The molecule has 1 atom stereocenters. The van der Waals surface area contributed by atoms with Crippen LogP contribution >= 0.6 is 0 Å². The fourth-order valence-corrected chi connectivity index (χ4v) is 1.95. The van der Waals surface area contributed by atoms with E-state index in [4.69, 9.17) is 10.5 Å². The minimum Gasteiger partial charge on any atom is -0.465 e. The fraction of sp³-hybridized carbons (Fsp3) is 0.267. The molecule has 0 heterocycles. The van der Waals surface area contributed by atoms with E-state index in [9.17, 15) is 4.79 Å². The second-order valence-electron chi connectivity index (χ2n) is 4.24. The van der Waals surface area contributed by atoms with Gasteiger partial charge in [-0.25, -0.2) is 0 Å². The van der Waals surface area contributed by atoms with Gasteiger partial charge in [0.05, 0.1) is 6.61 Å². The van der Waals surface area contributed by atoms with E-state index in [1.54, 1.807) is 6.92 Å². The number of carbonyl (C=O) groups excluding carboxylic acids is 1. The van der Waals surface area contributed by atoms with Crippen molar-refractivity contribution in [1.82, 2.24) is 0 Å². The van der Waals surface area contributed by atoms with Crippen molar-refractivity contribution >= 4 is 16.7 Å². The maximum absolute atomic E-state index is 11.5. The summed E-state index contributed by atoms with van der Waals surface area (Å²) in [5.41, 5.74) is 6.86. The molecule has 0 saturated carbocycles. The topological polar surface area (TPSA) is 52.3 Å². The van der Waals surface area contributed by atoms with Gasteiger partial charge in [0.2, 0.25) is 0 Å². The number of fused-ring (bicyclic) bond motifs is 1. The van der Waals surface area contributed by atoms with E-state index in [1.807, 2.05) is 24.3 Å². The molecule has 18 heavy (non-hydrogen) atoms. The van der Waals surface area contributed by atoms with E-state index >= 15 is 0 Å². The first kappa shape index (κ1) is 12.6. The van der Waals surface area contributed by atoms with Crippen LogP contribution in [-0.2, 0) is 16.0 Å². The zero-order chi connectivity index (χ0) is 13.0. The standard InChI is InChI=1S/C15H17NO2/c1-2-18-15(17)14(16)10-11-7-8-12-5-3-4-6-13(12)9-11/h3-9,14H,2,10,16H2,1H3/t14-/m0/s1. The molecule has 0 amide bonds. The lowest BCUT2D eigenvalue weighted by Gasteiger charge is -2.11. The lowest BCUT2D eigenvalue weighted by molar-refractivity contribution is -0.144. The Morgan fingerprint density at radius 3 is 2.67 bits per heavy atom. The normalized spacial score (nSPS) is 12.3. The Morgan fingerprint density at radius 1 is 1.22 bits per heavy atom. The number of rotatable bonds is 4. The van der Waals surface area contributed by atoms with Gasteiger partial charge in [0.15, 0.2) is 0 Å². The minimum absolute atomic E-state index is 0.342. The van der Waals surface area contributed by atoms with E-state index in [0.717, 1.165) is 10.9 Å². The average Bonchev–Trinajstić information content (AvgIpc) is 2.39. The molecule has 2 N–H and O–H groups in total.